The molecule has 0 aliphatic rings. The van der Waals surface area contributed by atoms with Crippen LogP contribution in [0, 0.1) is 0 Å². The third-order valence-electron chi connectivity index (χ3n) is 2.92. The number of primary amides is 1. The first kappa shape index (κ1) is 18.2. The van der Waals surface area contributed by atoms with Crippen LogP contribution in [0.5, 0.6) is 5.75 Å². The molecule has 0 aromatic heterocycles. The molecule has 0 spiro atoms. The molecule has 5 nitrogen and oxygen atoms in total. The van der Waals surface area contributed by atoms with Crippen molar-refractivity contribution in [1.82, 2.24) is 0 Å². The Morgan fingerprint density at radius 2 is 1.61 bits per heavy atom. The lowest BCUT2D eigenvalue weighted by Crippen LogP contribution is -2.29. The monoisotopic (exact) mass is 314 g/mol. The quantitative estimate of drug-likeness (QED) is 0.851. The maximum absolute atomic E-state index is 11.0. The summed E-state index contributed by atoms with van der Waals surface area (Å²) in [7, 11) is 0. The molecule has 3 N–H and O–H groups in total. The van der Waals surface area contributed by atoms with Crippen molar-refractivity contribution in [3.63, 3.8) is 0 Å². The topological polar surface area (TPSA) is 81.4 Å². The van der Waals surface area contributed by atoms with Gasteiger partial charge in [-0.2, -0.15) is 0 Å². The predicted molar refractivity (Wildman–Crippen MR) is 91.3 cm³/mol. The van der Waals surface area contributed by atoms with E-state index in [2.05, 4.69) is 5.32 Å². The number of carbonyl (C=O) groups is 2. The van der Waals surface area contributed by atoms with E-state index in [1.165, 1.54) is 0 Å². The number of nitrogens with one attached hydrogen (secondary N) is 1. The molecule has 0 aliphatic heterocycles. The molecule has 23 heavy (non-hydrogen) atoms. The summed E-state index contributed by atoms with van der Waals surface area (Å²) in [5, 5.41) is 2.45. The molecule has 0 saturated carbocycles. The van der Waals surface area contributed by atoms with Crippen molar-refractivity contribution >= 4 is 17.5 Å². The van der Waals surface area contributed by atoms with Gasteiger partial charge in [0.15, 0.2) is 0 Å². The Labute approximate surface area is 136 Å². The zero-order valence-electron chi connectivity index (χ0n) is 13.4. The SMILES string of the molecule is CCOc1ccccc1.CCc1ccccc1NC(=O)C(N)=O. The van der Waals surface area contributed by atoms with Crippen LogP contribution in [0.1, 0.15) is 19.4 Å². The number of anilines is 1. The molecule has 2 rings (SSSR count). The predicted octanol–water partition coefficient (Wildman–Crippen LogP) is 2.76. The molecule has 122 valence electrons. The summed E-state index contributed by atoms with van der Waals surface area (Å²) in [6.45, 7) is 4.69. The molecule has 0 heterocycles. The lowest BCUT2D eigenvalue weighted by atomic mass is 10.1. The van der Waals surface area contributed by atoms with Crippen molar-refractivity contribution in [3.05, 3.63) is 60.2 Å². The second kappa shape index (κ2) is 10.00. The summed E-state index contributed by atoms with van der Waals surface area (Å²) in [5.74, 6) is -0.818. The standard InChI is InChI=1S/C10H12N2O2.C8H10O/c1-2-7-5-3-4-6-8(7)12-10(14)9(11)13;1-2-9-8-6-4-3-5-7-8/h3-6H,2H2,1H3,(H2,11,13)(H,12,14);3-7H,2H2,1H3. The van der Waals surface area contributed by atoms with Crippen molar-refractivity contribution in [1.29, 1.82) is 0 Å². The van der Waals surface area contributed by atoms with E-state index >= 15 is 0 Å². The van der Waals surface area contributed by atoms with Gasteiger partial charge in [-0.1, -0.05) is 43.3 Å². The van der Waals surface area contributed by atoms with E-state index in [0.717, 1.165) is 24.3 Å². The minimum Gasteiger partial charge on any atom is -0.494 e. The summed E-state index contributed by atoms with van der Waals surface area (Å²) in [6.07, 6.45) is 0.787. The second-order valence-corrected chi connectivity index (χ2v) is 4.58. The van der Waals surface area contributed by atoms with E-state index in [1.54, 1.807) is 12.1 Å². The molecule has 0 radical (unpaired) electrons. The third kappa shape index (κ3) is 6.65. The Balaban J connectivity index is 0.000000253. The van der Waals surface area contributed by atoms with Gasteiger partial charge in [-0.25, -0.2) is 0 Å². The van der Waals surface area contributed by atoms with Gasteiger partial charge in [0.2, 0.25) is 0 Å². The molecule has 2 amide bonds. The Kier molecular flexibility index (Phi) is 7.92. The third-order valence-corrected chi connectivity index (χ3v) is 2.92. The van der Waals surface area contributed by atoms with Gasteiger partial charge in [-0.3, -0.25) is 9.59 Å². The van der Waals surface area contributed by atoms with Crippen LogP contribution in [0.2, 0.25) is 0 Å². The van der Waals surface area contributed by atoms with E-state index in [1.807, 2.05) is 56.3 Å². The van der Waals surface area contributed by atoms with E-state index in [0.29, 0.717) is 5.69 Å². The summed E-state index contributed by atoms with van der Waals surface area (Å²) in [4.78, 5) is 21.5. The molecule has 0 saturated heterocycles. The smallest absolute Gasteiger partial charge is 0.313 e. The van der Waals surface area contributed by atoms with Gasteiger partial charge in [0.1, 0.15) is 5.75 Å². The van der Waals surface area contributed by atoms with Crippen molar-refractivity contribution in [3.8, 4) is 5.75 Å². The molecule has 0 atom stereocenters. The number of amides is 2. The molecule has 0 aliphatic carbocycles. The lowest BCUT2D eigenvalue weighted by Gasteiger charge is -2.07. The zero-order valence-corrected chi connectivity index (χ0v) is 13.4. The number of carbonyl (C=O) groups excluding carboxylic acids is 2. The van der Waals surface area contributed by atoms with Crippen LogP contribution in [0.15, 0.2) is 54.6 Å². The minimum absolute atomic E-state index is 0.638. The average Bonchev–Trinajstić information content (AvgIpc) is 2.57. The van der Waals surface area contributed by atoms with Crippen LogP contribution >= 0.6 is 0 Å². The normalized spacial score (nSPS) is 9.30. The maximum Gasteiger partial charge on any atom is 0.313 e. The van der Waals surface area contributed by atoms with E-state index in [-0.39, 0.29) is 0 Å². The van der Waals surface area contributed by atoms with Crippen molar-refractivity contribution in [2.45, 2.75) is 20.3 Å². The van der Waals surface area contributed by atoms with Gasteiger partial charge in [-0.15, -0.1) is 0 Å². The Morgan fingerprint density at radius 1 is 1.00 bits per heavy atom. The molecule has 0 fully saturated rings. The molecular formula is C18H22N2O3. The second-order valence-electron chi connectivity index (χ2n) is 4.58. The summed E-state index contributed by atoms with van der Waals surface area (Å²) in [6, 6.07) is 17.1. The van der Waals surface area contributed by atoms with Gasteiger partial charge < -0.3 is 15.8 Å². The largest absolute Gasteiger partial charge is 0.494 e. The molecule has 5 heteroatoms. The Bertz CT molecular complexity index is 627. The van der Waals surface area contributed by atoms with Crippen LogP contribution in [-0.4, -0.2) is 18.4 Å². The maximum atomic E-state index is 11.0. The fraction of sp³-hybridized carbons (Fsp3) is 0.222. The average molecular weight is 314 g/mol. The van der Waals surface area contributed by atoms with Crippen LogP contribution < -0.4 is 15.8 Å². The van der Waals surface area contributed by atoms with Crippen molar-refractivity contribution in [2.24, 2.45) is 5.73 Å². The summed E-state index contributed by atoms with van der Waals surface area (Å²) < 4.78 is 5.21. The molecule has 2 aromatic carbocycles. The van der Waals surface area contributed by atoms with Crippen LogP contribution in [-0.2, 0) is 16.0 Å². The number of para-hydroxylation sites is 2. The molecule has 0 bridgehead atoms. The lowest BCUT2D eigenvalue weighted by molar-refractivity contribution is -0.134. The van der Waals surface area contributed by atoms with E-state index in [9.17, 15) is 9.59 Å². The molecule has 2 aromatic rings. The Morgan fingerprint density at radius 3 is 2.17 bits per heavy atom. The number of benzene rings is 2. The molecule has 0 unspecified atom stereocenters. The van der Waals surface area contributed by atoms with Gasteiger partial charge in [-0.05, 0) is 37.1 Å². The van der Waals surface area contributed by atoms with Crippen LogP contribution in [0.3, 0.4) is 0 Å². The van der Waals surface area contributed by atoms with Gasteiger partial charge in [0.25, 0.3) is 0 Å². The number of nitrogens with two attached hydrogens (primary N) is 1. The van der Waals surface area contributed by atoms with Crippen LogP contribution in [0.25, 0.3) is 0 Å². The highest BCUT2D eigenvalue weighted by Crippen LogP contribution is 2.14. The fourth-order valence-electron chi connectivity index (χ4n) is 1.82. The first-order valence-corrected chi connectivity index (χ1v) is 7.45. The zero-order chi connectivity index (χ0) is 17.1. The van der Waals surface area contributed by atoms with E-state index in [4.69, 9.17) is 10.5 Å². The minimum atomic E-state index is -0.976. The summed E-state index contributed by atoms with van der Waals surface area (Å²) >= 11 is 0. The Hall–Kier alpha value is -2.82. The highest BCUT2D eigenvalue weighted by Gasteiger charge is 2.09. The highest BCUT2D eigenvalue weighted by molar-refractivity contribution is 6.39. The van der Waals surface area contributed by atoms with E-state index < -0.39 is 11.8 Å². The number of hydrogen-bond donors (Lipinski definition) is 2. The van der Waals surface area contributed by atoms with Gasteiger partial charge >= 0.3 is 11.8 Å². The van der Waals surface area contributed by atoms with Crippen molar-refractivity contribution < 1.29 is 14.3 Å². The first-order chi connectivity index (χ1) is 11.1. The molecular weight excluding hydrogens is 292 g/mol. The number of aryl methyl sites for hydroxylation is 1. The van der Waals surface area contributed by atoms with Crippen molar-refractivity contribution in [2.75, 3.05) is 11.9 Å². The van der Waals surface area contributed by atoms with Gasteiger partial charge in [0, 0.05) is 5.69 Å². The number of rotatable bonds is 4. The fourth-order valence-corrected chi connectivity index (χ4v) is 1.82. The van der Waals surface area contributed by atoms with Gasteiger partial charge in [0.05, 0.1) is 6.61 Å². The highest BCUT2D eigenvalue weighted by atomic mass is 16.5. The number of ether oxygens (including phenoxy) is 1. The van der Waals surface area contributed by atoms with Crippen LogP contribution in [0.4, 0.5) is 5.69 Å². The first-order valence-electron chi connectivity index (χ1n) is 7.45. The summed E-state index contributed by atoms with van der Waals surface area (Å²) in [5.41, 5.74) is 6.44. The number of hydrogen-bond acceptors (Lipinski definition) is 3.